The third-order valence-electron chi connectivity index (χ3n) is 7.92. The van der Waals surface area contributed by atoms with Gasteiger partial charge in [-0.05, 0) is 116 Å². The molecule has 41 heavy (non-hydrogen) atoms. The van der Waals surface area contributed by atoms with Crippen LogP contribution in [0.15, 0.2) is 140 Å². The van der Waals surface area contributed by atoms with Gasteiger partial charge in [-0.25, -0.2) is 0 Å². The molecule has 0 bridgehead atoms. The summed E-state index contributed by atoms with van der Waals surface area (Å²) in [5.41, 5.74) is 15.0. The van der Waals surface area contributed by atoms with Crippen LogP contribution < -0.4 is 11.1 Å². The van der Waals surface area contributed by atoms with Crippen molar-refractivity contribution in [3.8, 4) is 11.1 Å². The molecule has 3 N–H and O–H groups in total. The predicted octanol–water partition coefficient (Wildman–Crippen LogP) is 10.7. The third kappa shape index (κ3) is 4.70. The predicted molar refractivity (Wildman–Crippen MR) is 179 cm³/mol. The molecular formula is C39H30N2. The van der Waals surface area contributed by atoms with Crippen LogP contribution in [0.2, 0.25) is 0 Å². The molecule has 0 spiro atoms. The molecule has 2 nitrogen and oxygen atoms in total. The molecule has 0 aliphatic rings. The number of benzene rings is 7. The number of nitrogen functional groups attached to an aromatic ring is 1. The number of anilines is 3. The van der Waals surface area contributed by atoms with Gasteiger partial charge >= 0.3 is 0 Å². The molecule has 0 fully saturated rings. The van der Waals surface area contributed by atoms with Gasteiger partial charge < -0.3 is 11.1 Å². The van der Waals surface area contributed by atoms with E-state index in [1.165, 1.54) is 43.5 Å². The molecule has 0 heterocycles. The molecule has 0 aliphatic carbocycles. The van der Waals surface area contributed by atoms with Crippen molar-refractivity contribution in [2.24, 2.45) is 0 Å². The van der Waals surface area contributed by atoms with Gasteiger partial charge in [0.1, 0.15) is 0 Å². The first-order valence-corrected chi connectivity index (χ1v) is 14.0. The van der Waals surface area contributed by atoms with E-state index in [1.807, 2.05) is 24.3 Å². The summed E-state index contributed by atoms with van der Waals surface area (Å²) in [5, 5.41) is 11.2. The Kier molecular flexibility index (Phi) is 6.22. The van der Waals surface area contributed by atoms with E-state index in [9.17, 15) is 0 Å². The summed E-state index contributed by atoms with van der Waals surface area (Å²) < 4.78 is 0. The summed E-state index contributed by atoms with van der Waals surface area (Å²) in [7, 11) is 0. The van der Waals surface area contributed by atoms with Crippen molar-refractivity contribution in [3.63, 3.8) is 0 Å². The maximum absolute atomic E-state index is 6.50. The molecule has 0 aromatic heterocycles. The minimum Gasteiger partial charge on any atom is -0.398 e. The molecule has 0 amide bonds. The summed E-state index contributed by atoms with van der Waals surface area (Å²) in [6.45, 7) is 2.17. The highest BCUT2D eigenvalue weighted by Crippen LogP contribution is 2.37. The Labute approximate surface area is 240 Å². The maximum atomic E-state index is 6.50. The fraction of sp³-hybridized carbons (Fsp3) is 0.0256. The van der Waals surface area contributed by atoms with E-state index in [2.05, 4.69) is 134 Å². The zero-order valence-corrected chi connectivity index (χ0v) is 22.9. The molecule has 0 radical (unpaired) electrons. The Balaban J connectivity index is 1.27. The van der Waals surface area contributed by atoms with Gasteiger partial charge in [0.2, 0.25) is 0 Å². The van der Waals surface area contributed by atoms with Crippen LogP contribution in [-0.2, 0) is 0 Å². The average molecular weight is 527 g/mol. The first-order valence-electron chi connectivity index (χ1n) is 14.0. The van der Waals surface area contributed by atoms with Gasteiger partial charge in [0.15, 0.2) is 0 Å². The van der Waals surface area contributed by atoms with Gasteiger partial charge in [0, 0.05) is 17.1 Å². The Morgan fingerprint density at radius 1 is 0.512 bits per heavy atom. The monoisotopic (exact) mass is 526 g/mol. The molecule has 0 aliphatic heterocycles. The molecule has 7 aromatic carbocycles. The number of nitrogens with two attached hydrogens (primary N) is 1. The lowest BCUT2D eigenvalue weighted by Gasteiger charge is -2.13. The minimum absolute atomic E-state index is 0.767. The van der Waals surface area contributed by atoms with Crippen LogP contribution in [0.25, 0.3) is 55.1 Å². The number of para-hydroxylation sites is 1. The summed E-state index contributed by atoms with van der Waals surface area (Å²) in [6, 6.07) is 49.2. The number of allylic oxidation sites excluding steroid dienone is 1. The van der Waals surface area contributed by atoms with Crippen LogP contribution >= 0.6 is 0 Å². The second-order valence-corrected chi connectivity index (χ2v) is 10.6. The van der Waals surface area contributed by atoms with E-state index in [4.69, 9.17) is 5.73 Å². The Morgan fingerprint density at radius 3 is 1.80 bits per heavy atom. The lowest BCUT2D eigenvalue weighted by atomic mass is 9.92. The molecular weight excluding hydrogens is 496 g/mol. The molecule has 0 saturated heterocycles. The second kappa shape index (κ2) is 10.3. The number of fused-ring (bicyclic) bond motifs is 6. The van der Waals surface area contributed by atoms with E-state index >= 15 is 0 Å². The highest BCUT2D eigenvalue weighted by atomic mass is 14.9. The van der Waals surface area contributed by atoms with E-state index < -0.39 is 0 Å². The van der Waals surface area contributed by atoms with Crippen LogP contribution in [0.5, 0.6) is 0 Å². The van der Waals surface area contributed by atoms with Crippen molar-refractivity contribution in [1.82, 2.24) is 0 Å². The highest BCUT2D eigenvalue weighted by molar-refractivity contribution is 6.25. The zero-order chi connectivity index (χ0) is 27.8. The molecule has 0 saturated carbocycles. The maximum Gasteiger partial charge on any atom is 0.0390 e. The van der Waals surface area contributed by atoms with Gasteiger partial charge in [0.25, 0.3) is 0 Å². The minimum atomic E-state index is 0.767. The number of rotatable bonds is 5. The van der Waals surface area contributed by atoms with Crippen molar-refractivity contribution < 1.29 is 0 Å². The van der Waals surface area contributed by atoms with Crippen molar-refractivity contribution in [2.75, 3.05) is 11.1 Å². The smallest absolute Gasteiger partial charge is 0.0390 e. The zero-order valence-electron chi connectivity index (χ0n) is 22.9. The number of hydrogen-bond acceptors (Lipinski definition) is 2. The van der Waals surface area contributed by atoms with Gasteiger partial charge in [-0.2, -0.15) is 0 Å². The number of nitrogens with one attached hydrogen (secondary N) is 1. The summed E-state index contributed by atoms with van der Waals surface area (Å²) in [6.07, 6.45) is 2.20. The van der Waals surface area contributed by atoms with Gasteiger partial charge in [-0.15, -0.1) is 0 Å². The fourth-order valence-corrected chi connectivity index (χ4v) is 5.81. The SMILES string of the molecule is C/C(=C\c1cc(-c2cccc(Nc3ccccc3)c2)ccc1N)c1ccc2c3ccccc3c3ccccc3c2c1. The molecule has 196 valence electrons. The first-order chi connectivity index (χ1) is 20.1. The van der Waals surface area contributed by atoms with Crippen molar-refractivity contribution in [3.05, 3.63) is 151 Å². The normalized spacial score (nSPS) is 11.8. The van der Waals surface area contributed by atoms with Crippen molar-refractivity contribution >= 4 is 61.0 Å². The fourth-order valence-electron chi connectivity index (χ4n) is 5.81. The average Bonchev–Trinajstić information content (AvgIpc) is 3.02. The standard InChI is InChI=1S/C39H30N2/c1-26(27-18-20-37-35-16-6-5-14-33(35)34-15-7-8-17-36(34)38(37)25-27)22-30-23-29(19-21-39(30)40)28-10-9-13-32(24-28)41-31-11-3-2-4-12-31/h2-25,41H,40H2,1H3/b26-22+. The Hall–Kier alpha value is -5.34. The van der Waals surface area contributed by atoms with Gasteiger partial charge in [0.05, 0.1) is 0 Å². The van der Waals surface area contributed by atoms with Gasteiger partial charge in [-0.3, -0.25) is 0 Å². The van der Waals surface area contributed by atoms with E-state index in [0.29, 0.717) is 0 Å². The van der Waals surface area contributed by atoms with Crippen LogP contribution in [0, 0.1) is 0 Å². The van der Waals surface area contributed by atoms with Crippen LogP contribution in [0.3, 0.4) is 0 Å². The quantitative estimate of drug-likeness (QED) is 0.133. The number of hydrogen-bond donors (Lipinski definition) is 2. The van der Waals surface area contributed by atoms with E-state index in [1.54, 1.807) is 0 Å². The molecule has 7 rings (SSSR count). The second-order valence-electron chi connectivity index (χ2n) is 10.6. The van der Waals surface area contributed by atoms with Crippen molar-refractivity contribution in [1.29, 1.82) is 0 Å². The molecule has 2 heteroatoms. The lowest BCUT2D eigenvalue weighted by molar-refractivity contribution is 1.53. The molecule has 0 unspecified atom stereocenters. The van der Waals surface area contributed by atoms with Gasteiger partial charge in [-0.1, -0.05) is 97.1 Å². The summed E-state index contributed by atoms with van der Waals surface area (Å²) in [4.78, 5) is 0. The Morgan fingerprint density at radius 2 is 1.10 bits per heavy atom. The van der Waals surface area contributed by atoms with Crippen LogP contribution in [0.1, 0.15) is 18.1 Å². The summed E-state index contributed by atoms with van der Waals surface area (Å²) >= 11 is 0. The van der Waals surface area contributed by atoms with Crippen LogP contribution in [0.4, 0.5) is 17.1 Å². The molecule has 7 aromatic rings. The lowest BCUT2D eigenvalue weighted by Crippen LogP contribution is -1.93. The van der Waals surface area contributed by atoms with Crippen molar-refractivity contribution in [2.45, 2.75) is 6.92 Å². The van der Waals surface area contributed by atoms with E-state index in [-0.39, 0.29) is 0 Å². The first kappa shape index (κ1) is 24.7. The topological polar surface area (TPSA) is 38.0 Å². The molecule has 0 atom stereocenters. The Bertz CT molecular complexity index is 2050. The van der Waals surface area contributed by atoms with Crippen LogP contribution in [-0.4, -0.2) is 0 Å². The summed E-state index contributed by atoms with van der Waals surface area (Å²) in [5.74, 6) is 0. The largest absolute Gasteiger partial charge is 0.398 e. The highest BCUT2D eigenvalue weighted by Gasteiger charge is 2.10. The van der Waals surface area contributed by atoms with E-state index in [0.717, 1.165) is 33.8 Å². The third-order valence-corrected chi connectivity index (χ3v) is 7.92.